The smallest absolute Gasteiger partial charge is 0.0594 e. The maximum Gasteiger partial charge on any atom is 0.0594 e. The third-order valence-electron chi connectivity index (χ3n) is 3.98. The molecule has 0 aliphatic carbocycles. The first-order valence-corrected chi connectivity index (χ1v) is 7.51. The summed E-state index contributed by atoms with van der Waals surface area (Å²) in [7, 11) is 2.10. The molecule has 110 valence electrons. The zero-order valence-corrected chi connectivity index (χ0v) is 12.5. The van der Waals surface area contributed by atoms with Crippen molar-refractivity contribution >= 4 is 11.4 Å². The maximum atomic E-state index is 5.39. The van der Waals surface area contributed by atoms with Crippen molar-refractivity contribution < 1.29 is 4.74 Å². The Morgan fingerprint density at radius 3 is 2.19 bits per heavy atom. The summed E-state index contributed by atoms with van der Waals surface area (Å²) in [5, 5.41) is 0. The Kier molecular flexibility index (Phi) is 4.53. The fourth-order valence-corrected chi connectivity index (χ4v) is 2.64. The highest BCUT2D eigenvalue weighted by molar-refractivity contribution is 5.62. The van der Waals surface area contributed by atoms with Crippen LogP contribution in [0.15, 0.2) is 54.6 Å². The molecule has 0 N–H and O–H groups in total. The molecule has 0 aromatic heterocycles. The lowest BCUT2D eigenvalue weighted by atomic mass is 10.1. The van der Waals surface area contributed by atoms with E-state index in [0.717, 1.165) is 32.8 Å². The number of hydrogen-bond acceptors (Lipinski definition) is 3. The Morgan fingerprint density at radius 2 is 1.52 bits per heavy atom. The molecule has 0 atom stereocenters. The van der Waals surface area contributed by atoms with E-state index >= 15 is 0 Å². The molecule has 1 aliphatic heterocycles. The average Bonchev–Trinajstić information content (AvgIpc) is 2.57. The van der Waals surface area contributed by atoms with E-state index in [9.17, 15) is 0 Å². The van der Waals surface area contributed by atoms with Gasteiger partial charge in [-0.05, 0) is 29.8 Å². The molecule has 3 heteroatoms. The van der Waals surface area contributed by atoms with Gasteiger partial charge in [-0.25, -0.2) is 0 Å². The van der Waals surface area contributed by atoms with Crippen LogP contribution in [0.3, 0.4) is 0 Å². The van der Waals surface area contributed by atoms with Crippen molar-refractivity contribution in [2.75, 3.05) is 38.3 Å². The Hall–Kier alpha value is -1.84. The second-order valence-electron chi connectivity index (χ2n) is 5.45. The van der Waals surface area contributed by atoms with Gasteiger partial charge in [0.15, 0.2) is 0 Å². The van der Waals surface area contributed by atoms with Gasteiger partial charge >= 0.3 is 0 Å². The van der Waals surface area contributed by atoms with E-state index < -0.39 is 0 Å². The van der Waals surface area contributed by atoms with Gasteiger partial charge in [0.2, 0.25) is 0 Å². The van der Waals surface area contributed by atoms with Crippen molar-refractivity contribution in [3.8, 4) is 0 Å². The van der Waals surface area contributed by atoms with Crippen LogP contribution >= 0.6 is 0 Å². The van der Waals surface area contributed by atoms with E-state index in [1.165, 1.54) is 16.9 Å². The van der Waals surface area contributed by atoms with Gasteiger partial charge in [0.25, 0.3) is 0 Å². The lowest BCUT2D eigenvalue weighted by molar-refractivity contribution is 0.0342. The molecule has 0 amide bonds. The third-order valence-corrected chi connectivity index (χ3v) is 3.98. The van der Waals surface area contributed by atoms with Gasteiger partial charge in [-0.1, -0.05) is 30.3 Å². The first kappa shape index (κ1) is 14.1. The van der Waals surface area contributed by atoms with Crippen molar-refractivity contribution in [2.24, 2.45) is 0 Å². The molecule has 2 aromatic carbocycles. The van der Waals surface area contributed by atoms with Crippen LogP contribution < -0.4 is 4.90 Å². The molecule has 0 bridgehead atoms. The number of anilines is 2. The SMILES string of the molecule is CN(c1ccccc1)c1ccc(CN2CCOCC2)cc1. The van der Waals surface area contributed by atoms with Gasteiger partial charge in [0.1, 0.15) is 0 Å². The second kappa shape index (κ2) is 6.74. The second-order valence-corrected chi connectivity index (χ2v) is 5.45. The number of morpholine rings is 1. The van der Waals surface area contributed by atoms with E-state index in [0.29, 0.717) is 0 Å². The van der Waals surface area contributed by atoms with E-state index in [2.05, 4.69) is 65.4 Å². The summed E-state index contributed by atoms with van der Waals surface area (Å²) < 4.78 is 5.39. The molecular formula is C18H22N2O. The molecule has 0 unspecified atom stereocenters. The molecule has 1 heterocycles. The van der Waals surface area contributed by atoms with E-state index in [1.807, 2.05) is 6.07 Å². The standard InChI is InChI=1S/C18H22N2O/c1-19(17-5-3-2-4-6-17)18-9-7-16(8-10-18)15-20-11-13-21-14-12-20/h2-10H,11-15H2,1H3. The largest absolute Gasteiger partial charge is 0.379 e. The van der Waals surface area contributed by atoms with Crippen LogP contribution in [0.25, 0.3) is 0 Å². The van der Waals surface area contributed by atoms with Crippen molar-refractivity contribution in [3.05, 3.63) is 60.2 Å². The van der Waals surface area contributed by atoms with Gasteiger partial charge in [-0.3, -0.25) is 4.90 Å². The molecule has 3 nitrogen and oxygen atoms in total. The van der Waals surface area contributed by atoms with Crippen LogP contribution in [-0.2, 0) is 11.3 Å². The van der Waals surface area contributed by atoms with Crippen LogP contribution in [0, 0.1) is 0 Å². The fourth-order valence-electron chi connectivity index (χ4n) is 2.64. The number of benzene rings is 2. The van der Waals surface area contributed by atoms with Crippen LogP contribution in [0.4, 0.5) is 11.4 Å². The lowest BCUT2D eigenvalue weighted by Gasteiger charge is -2.27. The highest BCUT2D eigenvalue weighted by atomic mass is 16.5. The molecule has 21 heavy (non-hydrogen) atoms. The minimum atomic E-state index is 0.856. The van der Waals surface area contributed by atoms with Gasteiger partial charge in [0, 0.05) is 38.1 Å². The predicted octanol–water partition coefficient (Wildman–Crippen LogP) is 3.29. The predicted molar refractivity (Wildman–Crippen MR) is 87.0 cm³/mol. The van der Waals surface area contributed by atoms with Crippen LogP contribution in [0.2, 0.25) is 0 Å². The average molecular weight is 282 g/mol. The molecule has 3 rings (SSSR count). The summed E-state index contributed by atoms with van der Waals surface area (Å²) in [5.74, 6) is 0. The zero-order valence-electron chi connectivity index (χ0n) is 12.5. The number of para-hydroxylation sites is 1. The minimum absolute atomic E-state index is 0.856. The van der Waals surface area contributed by atoms with Gasteiger partial charge in [-0.15, -0.1) is 0 Å². The Bertz CT molecular complexity index is 547. The lowest BCUT2D eigenvalue weighted by Crippen LogP contribution is -2.35. The topological polar surface area (TPSA) is 15.7 Å². The third kappa shape index (κ3) is 3.63. The van der Waals surface area contributed by atoms with Gasteiger partial charge < -0.3 is 9.64 Å². The Labute approximate surface area is 126 Å². The number of nitrogens with zero attached hydrogens (tertiary/aromatic N) is 2. The number of hydrogen-bond donors (Lipinski definition) is 0. The quantitative estimate of drug-likeness (QED) is 0.856. The molecule has 0 spiro atoms. The molecule has 0 radical (unpaired) electrons. The molecular weight excluding hydrogens is 260 g/mol. The summed E-state index contributed by atoms with van der Waals surface area (Å²) in [4.78, 5) is 4.65. The van der Waals surface area contributed by atoms with E-state index in [4.69, 9.17) is 4.74 Å². The molecule has 1 aliphatic rings. The van der Waals surface area contributed by atoms with E-state index in [1.54, 1.807) is 0 Å². The van der Waals surface area contributed by atoms with Gasteiger partial charge in [-0.2, -0.15) is 0 Å². The number of ether oxygens (including phenoxy) is 1. The summed E-state index contributed by atoms with van der Waals surface area (Å²) in [6.07, 6.45) is 0. The molecule has 2 aromatic rings. The number of rotatable bonds is 4. The van der Waals surface area contributed by atoms with Crippen molar-refractivity contribution in [2.45, 2.75) is 6.54 Å². The Morgan fingerprint density at radius 1 is 0.905 bits per heavy atom. The fraction of sp³-hybridized carbons (Fsp3) is 0.333. The van der Waals surface area contributed by atoms with Crippen LogP contribution in [0.1, 0.15) is 5.56 Å². The first-order chi connectivity index (χ1) is 10.3. The summed E-state index contributed by atoms with van der Waals surface area (Å²) >= 11 is 0. The molecule has 1 saturated heterocycles. The van der Waals surface area contributed by atoms with Crippen LogP contribution in [0.5, 0.6) is 0 Å². The normalized spacial score (nSPS) is 15.9. The highest BCUT2D eigenvalue weighted by Gasteiger charge is 2.11. The summed E-state index contributed by atoms with van der Waals surface area (Å²) in [6.45, 7) is 4.79. The summed E-state index contributed by atoms with van der Waals surface area (Å²) in [5.41, 5.74) is 3.78. The van der Waals surface area contributed by atoms with Crippen molar-refractivity contribution in [1.29, 1.82) is 0 Å². The highest BCUT2D eigenvalue weighted by Crippen LogP contribution is 2.23. The van der Waals surface area contributed by atoms with Crippen molar-refractivity contribution in [3.63, 3.8) is 0 Å². The maximum absolute atomic E-state index is 5.39. The zero-order chi connectivity index (χ0) is 14.5. The molecule has 0 saturated carbocycles. The van der Waals surface area contributed by atoms with Crippen LogP contribution in [-0.4, -0.2) is 38.3 Å². The summed E-state index contributed by atoms with van der Waals surface area (Å²) in [6, 6.07) is 19.3. The Balaban J connectivity index is 1.66. The minimum Gasteiger partial charge on any atom is -0.379 e. The monoisotopic (exact) mass is 282 g/mol. The van der Waals surface area contributed by atoms with Gasteiger partial charge in [0.05, 0.1) is 13.2 Å². The van der Waals surface area contributed by atoms with Crippen molar-refractivity contribution in [1.82, 2.24) is 4.90 Å². The first-order valence-electron chi connectivity index (χ1n) is 7.51. The molecule has 1 fully saturated rings. The van der Waals surface area contributed by atoms with E-state index in [-0.39, 0.29) is 0 Å².